The van der Waals surface area contributed by atoms with Gasteiger partial charge in [-0.1, -0.05) is 0 Å². The second kappa shape index (κ2) is 6.73. The maximum atomic E-state index is 11.2. The number of fused-ring (bicyclic) bond motifs is 1. The van der Waals surface area contributed by atoms with Gasteiger partial charge in [0.1, 0.15) is 0 Å². The summed E-state index contributed by atoms with van der Waals surface area (Å²) in [4.78, 5) is 15.7. The quantitative estimate of drug-likeness (QED) is 0.505. The van der Waals surface area contributed by atoms with Crippen molar-refractivity contribution in [3.05, 3.63) is 40.7 Å². The first-order valence-electron chi connectivity index (χ1n) is 7.79. The zero-order valence-corrected chi connectivity index (χ0v) is 13.9. The minimum absolute atomic E-state index is 0.0337. The molecule has 9 nitrogen and oxygen atoms in total. The number of benzene rings is 1. The molecule has 1 atom stereocenters. The summed E-state index contributed by atoms with van der Waals surface area (Å²) in [7, 11) is 0. The number of hydrogen-bond acceptors (Lipinski definition) is 8. The van der Waals surface area contributed by atoms with Crippen LogP contribution in [0.25, 0.3) is 10.8 Å². The van der Waals surface area contributed by atoms with Gasteiger partial charge < -0.3 is 4.74 Å². The summed E-state index contributed by atoms with van der Waals surface area (Å²) in [5.74, 6) is 0. The highest BCUT2D eigenvalue weighted by Gasteiger charge is 2.20. The minimum Gasteiger partial charge on any atom is -0.376 e. The first kappa shape index (κ1) is 15.9. The van der Waals surface area contributed by atoms with Crippen molar-refractivity contribution in [2.45, 2.75) is 35.5 Å². The van der Waals surface area contributed by atoms with Crippen LogP contribution < -0.4 is 0 Å². The van der Waals surface area contributed by atoms with E-state index in [1.165, 1.54) is 24.0 Å². The van der Waals surface area contributed by atoms with Gasteiger partial charge in [-0.2, -0.15) is 0 Å². The number of aromatic nitrogens is 5. The molecule has 1 fully saturated rings. The number of hydrogen-bond donors (Lipinski definition) is 0. The van der Waals surface area contributed by atoms with Crippen LogP contribution in [-0.2, 0) is 11.3 Å². The van der Waals surface area contributed by atoms with Crippen molar-refractivity contribution in [3.8, 4) is 0 Å². The summed E-state index contributed by atoms with van der Waals surface area (Å²) in [6.45, 7) is 1.37. The van der Waals surface area contributed by atoms with Crippen LogP contribution in [0.4, 0.5) is 5.69 Å². The Hall–Kier alpha value is -2.59. The molecule has 4 rings (SSSR count). The first-order chi connectivity index (χ1) is 12.2. The van der Waals surface area contributed by atoms with Crippen LogP contribution in [0.15, 0.2) is 40.6 Å². The Morgan fingerprint density at radius 2 is 2.28 bits per heavy atom. The highest BCUT2D eigenvalue weighted by atomic mass is 32.2. The molecule has 1 aromatic carbocycles. The number of tetrazole rings is 1. The molecule has 128 valence electrons. The fourth-order valence-electron chi connectivity index (χ4n) is 2.86. The number of ether oxygens (including phenoxy) is 1. The van der Waals surface area contributed by atoms with Crippen molar-refractivity contribution in [2.24, 2.45) is 0 Å². The molecular weight excluding hydrogens is 344 g/mol. The molecule has 25 heavy (non-hydrogen) atoms. The Labute approximate surface area is 146 Å². The maximum absolute atomic E-state index is 11.2. The van der Waals surface area contributed by atoms with E-state index in [-0.39, 0.29) is 11.8 Å². The number of rotatable bonds is 5. The minimum atomic E-state index is -0.403. The Morgan fingerprint density at radius 3 is 3.08 bits per heavy atom. The normalized spacial score (nSPS) is 17.2. The smallest absolute Gasteiger partial charge is 0.278 e. The zero-order chi connectivity index (χ0) is 17.2. The van der Waals surface area contributed by atoms with Gasteiger partial charge in [0.25, 0.3) is 5.69 Å². The van der Waals surface area contributed by atoms with E-state index in [0.29, 0.717) is 17.1 Å². The van der Waals surface area contributed by atoms with Crippen molar-refractivity contribution in [3.63, 3.8) is 0 Å². The van der Waals surface area contributed by atoms with Gasteiger partial charge in [0.05, 0.1) is 23.0 Å². The summed E-state index contributed by atoms with van der Waals surface area (Å²) >= 11 is 1.38. The van der Waals surface area contributed by atoms with E-state index in [1.54, 1.807) is 23.0 Å². The summed E-state index contributed by atoms with van der Waals surface area (Å²) in [5.41, 5.74) is 0.0337. The SMILES string of the molecule is O=[N+]([O-])c1ccc(Sc2nnnn2CC2CCCO2)c2ccncc12. The maximum Gasteiger partial charge on any atom is 0.278 e. The Kier molecular flexibility index (Phi) is 4.28. The van der Waals surface area contributed by atoms with Gasteiger partial charge in [-0.15, -0.1) is 5.10 Å². The molecule has 1 aliphatic heterocycles. The van der Waals surface area contributed by atoms with Crippen LogP contribution in [0.1, 0.15) is 12.8 Å². The topological polar surface area (TPSA) is 109 Å². The fourth-order valence-corrected chi connectivity index (χ4v) is 3.77. The van der Waals surface area contributed by atoms with E-state index in [2.05, 4.69) is 20.5 Å². The average molecular weight is 358 g/mol. The molecule has 0 N–H and O–H groups in total. The number of nitro benzene ring substituents is 1. The van der Waals surface area contributed by atoms with E-state index in [9.17, 15) is 10.1 Å². The van der Waals surface area contributed by atoms with Gasteiger partial charge in [0.2, 0.25) is 5.16 Å². The predicted octanol–water partition coefficient (Wildman–Crippen LogP) is 2.46. The second-order valence-corrected chi connectivity index (χ2v) is 6.65. The fraction of sp³-hybridized carbons (Fsp3) is 0.333. The van der Waals surface area contributed by atoms with Gasteiger partial charge in [-0.05, 0) is 47.2 Å². The second-order valence-electron chi connectivity index (χ2n) is 5.64. The summed E-state index contributed by atoms with van der Waals surface area (Å²) in [6.07, 6.45) is 5.30. The molecule has 0 aliphatic carbocycles. The standard InChI is InChI=1S/C15H14N6O3S/c22-21(23)13-3-4-14(11-5-6-16-8-12(11)13)25-15-17-18-19-20(15)9-10-2-1-7-24-10/h3-6,8,10H,1-2,7,9H2. The van der Waals surface area contributed by atoms with Crippen molar-refractivity contribution in [2.75, 3.05) is 6.61 Å². The molecular formula is C15H14N6O3S. The number of nitrogens with zero attached hydrogens (tertiary/aromatic N) is 6. The predicted molar refractivity (Wildman–Crippen MR) is 89.3 cm³/mol. The van der Waals surface area contributed by atoms with Crippen molar-refractivity contribution < 1.29 is 9.66 Å². The summed E-state index contributed by atoms with van der Waals surface area (Å²) in [5, 5.41) is 25.0. The van der Waals surface area contributed by atoms with E-state index in [0.717, 1.165) is 29.7 Å². The monoisotopic (exact) mass is 358 g/mol. The highest BCUT2D eigenvalue weighted by molar-refractivity contribution is 7.99. The molecule has 3 aromatic rings. The highest BCUT2D eigenvalue weighted by Crippen LogP contribution is 2.36. The summed E-state index contributed by atoms with van der Waals surface area (Å²) in [6, 6.07) is 4.97. The van der Waals surface area contributed by atoms with Crippen molar-refractivity contribution in [1.29, 1.82) is 0 Å². The van der Waals surface area contributed by atoms with Crippen molar-refractivity contribution in [1.82, 2.24) is 25.2 Å². The van der Waals surface area contributed by atoms with Crippen LogP contribution in [0, 0.1) is 10.1 Å². The molecule has 0 radical (unpaired) electrons. The molecule has 0 spiro atoms. The lowest BCUT2D eigenvalue weighted by atomic mass is 10.1. The summed E-state index contributed by atoms with van der Waals surface area (Å²) < 4.78 is 7.35. The molecule has 10 heteroatoms. The first-order valence-corrected chi connectivity index (χ1v) is 8.61. The zero-order valence-electron chi connectivity index (χ0n) is 13.1. The Bertz CT molecular complexity index is 925. The molecule has 2 aromatic heterocycles. The van der Waals surface area contributed by atoms with Gasteiger partial charge in [0.15, 0.2) is 0 Å². The largest absolute Gasteiger partial charge is 0.376 e. The van der Waals surface area contributed by atoms with E-state index < -0.39 is 4.92 Å². The lowest BCUT2D eigenvalue weighted by molar-refractivity contribution is -0.383. The Morgan fingerprint density at radius 1 is 1.36 bits per heavy atom. The third kappa shape index (κ3) is 3.17. The van der Waals surface area contributed by atoms with E-state index in [4.69, 9.17) is 4.74 Å². The molecule has 0 saturated carbocycles. The Balaban J connectivity index is 1.67. The van der Waals surface area contributed by atoms with Crippen LogP contribution in [0.3, 0.4) is 0 Å². The van der Waals surface area contributed by atoms with Gasteiger partial charge in [-0.25, -0.2) is 4.68 Å². The van der Waals surface area contributed by atoms with Gasteiger partial charge in [-0.3, -0.25) is 15.1 Å². The molecule has 0 amide bonds. The van der Waals surface area contributed by atoms with Gasteiger partial charge in [0, 0.05) is 35.3 Å². The molecule has 3 heterocycles. The number of nitro groups is 1. The van der Waals surface area contributed by atoms with E-state index >= 15 is 0 Å². The number of pyridine rings is 1. The van der Waals surface area contributed by atoms with Crippen LogP contribution >= 0.6 is 11.8 Å². The average Bonchev–Trinajstić information content (AvgIpc) is 3.28. The lowest BCUT2D eigenvalue weighted by Crippen LogP contribution is -2.16. The third-order valence-electron chi connectivity index (χ3n) is 4.05. The molecule has 1 unspecified atom stereocenters. The van der Waals surface area contributed by atoms with Crippen LogP contribution in [-0.4, -0.2) is 42.8 Å². The van der Waals surface area contributed by atoms with Crippen molar-refractivity contribution >= 4 is 28.2 Å². The van der Waals surface area contributed by atoms with E-state index in [1.807, 2.05) is 0 Å². The third-order valence-corrected chi connectivity index (χ3v) is 5.10. The lowest BCUT2D eigenvalue weighted by Gasteiger charge is -2.10. The van der Waals surface area contributed by atoms with Crippen LogP contribution in [0.2, 0.25) is 0 Å². The molecule has 1 aliphatic rings. The van der Waals surface area contributed by atoms with Crippen LogP contribution in [0.5, 0.6) is 0 Å². The molecule has 0 bridgehead atoms. The van der Waals surface area contributed by atoms with Gasteiger partial charge >= 0.3 is 0 Å². The number of non-ortho nitro benzene ring substituents is 1. The molecule has 1 saturated heterocycles.